The first-order valence-corrected chi connectivity index (χ1v) is 5.01. The molecule has 1 aliphatic carbocycles. The molecule has 0 aromatic carbocycles. The van der Waals surface area contributed by atoms with Crippen LogP contribution in [0.1, 0.15) is 24.8 Å². The Morgan fingerprint density at radius 1 is 1.27 bits per heavy atom. The van der Waals surface area contributed by atoms with Gasteiger partial charge in [0.25, 0.3) is 0 Å². The highest BCUT2D eigenvalue weighted by atomic mass is 16.5. The summed E-state index contributed by atoms with van der Waals surface area (Å²) in [5.41, 5.74) is 0.0157. The number of nitrogens with zero attached hydrogens (tertiary/aromatic N) is 1. The summed E-state index contributed by atoms with van der Waals surface area (Å²) in [5, 5.41) is 10.2. The highest BCUT2D eigenvalue weighted by molar-refractivity contribution is 5.36. The van der Waals surface area contributed by atoms with Crippen LogP contribution in [0.2, 0.25) is 0 Å². The predicted molar refractivity (Wildman–Crippen MR) is 55.1 cm³/mol. The molecule has 2 rings (SSSR count). The van der Waals surface area contributed by atoms with Crippen molar-refractivity contribution in [3.05, 3.63) is 17.7 Å². The molecule has 0 saturated heterocycles. The van der Waals surface area contributed by atoms with Crippen LogP contribution in [0.4, 0.5) is 0 Å². The molecule has 4 heteroatoms. The molecule has 1 N–H and O–H groups in total. The molecule has 1 aromatic heterocycles. The zero-order chi connectivity index (χ0) is 10.9. The van der Waals surface area contributed by atoms with E-state index in [9.17, 15) is 5.11 Å². The molecule has 0 radical (unpaired) electrons. The topological polar surface area (TPSA) is 51.6 Å². The van der Waals surface area contributed by atoms with E-state index in [0.29, 0.717) is 11.8 Å². The van der Waals surface area contributed by atoms with Gasteiger partial charge in [0.15, 0.2) is 0 Å². The Bertz CT molecular complexity index is 361. The van der Waals surface area contributed by atoms with Crippen LogP contribution in [0.5, 0.6) is 11.8 Å². The second kappa shape index (κ2) is 3.70. The third-order valence-corrected chi connectivity index (χ3v) is 2.92. The Morgan fingerprint density at radius 2 is 2.00 bits per heavy atom. The number of hydrogen-bond donors (Lipinski definition) is 1. The maximum absolute atomic E-state index is 10.2. The largest absolute Gasteiger partial charge is 0.481 e. The Kier molecular flexibility index (Phi) is 2.52. The molecule has 15 heavy (non-hydrogen) atoms. The van der Waals surface area contributed by atoms with Gasteiger partial charge in [-0.3, -0.25) is 0 Å². The van der Waals surface area contributed by atoms with Crippen molar-refractivity contribution in [2.45, 2.75) is 24.9 Å². The molecule has 0 unspecified atom stereocenters. The Balaban J connectivity index is 2.38. The van der Waals surface area contributed by atoms with Crippen LogP contribution in [-0.4, -0.2) is 24.3 Å². The van der Waals surface area contributed by atoms with Crippen molar-refractivity contribution < 1.29 is 14.6 Å². The van der Waals surface area contributed by atoms with E-state index in [1.165, 1.54) is 0 Å². The smallest absolute Gasteiger partial charge is 0.222 e. The number of methoxy groups -OCH3 is 2. The lowest BCUT2D eigenvalue weighted by Gasteiger charge is -2.37. The van der Waals surface area contributed by atoms with Crippen LogP contribution in [0.3, 0.4) is 0 Å². The maximum Gasteiger partial charge on any atom is 0.222 e. The zero-order valence-electron chi connectivity index (χ0n) is 8.99. The van der Waals surface area contributed by atoms with Crippen molar-refractivity contribution in [3.63, 3.8) is 0 Å². The fourth-order valence-corrected chi connectivity index (χ4v) is 1.83. The van der Waals surface area contributed by atoms with Crippen molar-refractivity contribution in [2.75, 3.05) is 14.2 Å². The molecule has 4 nitrogen and oxygen atoms in total. The van der Waals surface area contributed by atoms with Gasteiger partial charge in [-0.25, -0.2) is 0 Å². The van der Waals surface area contributed by atoms with Gasteiger partial charge < -0.3 is 14.6 Å². The van der Waals surface area contributed by atoms with Crippen molar-refractivity contribution in [1.82, 2.24) is 4.98 Å². The predicted octanol–water partition coefficient (Wildman–Crippen LogP) is 1.47. The van der Waals surface area contributed by atoms with Gasteiger partial charge in [0.2, 0.25) is 11.8 Å². The molecule has 0 spiro atoms. The summed E-state index contributed by atoms with van der Waals surface area (Å²) in [6.07, 6.45) is 2.60. The van der Waals surface area contributed by atoms with E-state index in [4.69, 9.17) is 9.47 Å². The van der Waals surface area contributed by atoms with Gasteiger partial charge in [0.05, 0.1) is 19.8 Å². The van der Waals surface area contributed by atoms with Gasteiger partial charge in [-0.1, -0.05) is 0 Å². The van der Waals surface area contributed by atoms with Gasteiger partial charge in [-0.15, -0.1) is 0 Å². The maximum atomic E-state index is 10.2. The lowest BCUT2D eigenvalue weighted by Crippen LogP contribution is -2.34. The van der Waals surface area contributed by atoms with Crippen molar-refractivity contribution in [3.8, 4) is 11.8 Å². The van der Waals surface area contributed by atoms with Crippen LogP contribution in [0.25, 0.3) is 0 Å². The number of ether oxygens (including phenoxy) is 2. The Morgan fingerprint density at radius 3 is 2.47 bits per heavy atom. The van der Waals surface area contributed by atoms with Gasteiger partial charge in [-0.05, 0) is 25.3 Å². The number of hydrogen-bond acceptors (Lipinski definition) is 4. The summed E-state index contributed by atoms with van der Waals surface area (Å²) in [7, 11) is 3.10. The van der Waals surface area contributed by atoms with Crippen molar-refractivity contribution in [2.24, 2.45) is 0 Å². The van der Waals surface area contributed by atoms with Gasteiger partial charge in [0.1, 0.15) is 0 Å². The molecule has 1 aliphatic rings. The number of aliphatic hydroxyl groups is 1. The van der Waals surface area contributed by atoms with Gasteiger partial charge in [-0.2, -0.15) is 4.98 Å². The van der Waals surface area contributed by atoms with E-state index in [1.54, 1.807) is 20.3 Å². The van der Waals surface area contributed by atoms with E-state index < -0.39 is 5.60 Å². The molecule has 0 bridgehead atoms. The Hall–Kier alpha value is -1.29. The van der Waals surface area contributed by atoms with E-state index in [1.807, 2.05) is 6.07 Å². The van der Waals surface area contributed by atoms with Crippen LogP contribution in [-0.2, 0) is 5.60 Å². The number of pyridine rings is 1. The lowest BCUT2D eigenvalue weighted by atomic mass is 9.75. The highest BCUT2D eigenvalue weighted by Crippen LogP contribution is 2.44. The first-order valence-electron chi connectivity index (χ1n) is 5.01. The van der Waals surface area contributed by atoms with Gasteiger partial charge >= 0.3 is 0 Å². The molecule has 1 heterocycles. The van der Waals surface area contributed by atoms with Crippen LogP contribution in [0.15, 0.2) is 12.1 Å². The second-order valence-electron chi connectivity index (χ2n) is 3.80. The standard InChI is InChI=1S/C11H15NO3/c1-14-9-5-4-8(10(12-9)15-2)11(13)6-3-7-11/h4-5,13H,3,6-7H2,1-2H3. The highest BCUT2D eigenvalue weighted by Gasteiger charge is 2.39. The minimum absolute atomic E-state index is 0.455. The van der Waals surface area contributed by atoms with E-state index in [2.05, 4.69) is 4.98 Å². The summed E-state index contributed by atoms with van der Waals surface area (Å²) >= 11 is 0. The van der Waals surface area contributed by atoms with Crippen LogP contribution < -0.4 is 9.47 Å². The van der Waals surface area contributed by atoms with Crippen LogP contribution in [0, 0.1) is 0 Å². The molecular formula is C11H15NO3. The summed E-state index contributed by atoms with van der Waals surface area (Å²) in [5.74, 6) is 0.954. The summed E-state index contributed by atoms with van der Waals surface area (Å²) in [4.78, 5) is 4.15. The van der Waals surface area contributed by atoms with Crippen molar-refractivity contribution >= 4 is 0 Å². The Labute approximate surface area is 88.9 Å². The minimum Gasteiger partial charge on any atom is -0.481 e. The van der Waals surface area contributed by atoms with Gasteiger partial charge in [0, 0.05) is 11.6 Å². The van der Waals surface area contributed by atoms with E-state index >= 15 is 0 Å². The fourth-order valence-electron chi connectivity index (χ4n) is 1.83. The fraction of sp³-hybridized carbons (Fsp3) is 0.545. The van der Waals surface area contributed by atoms with E-state index in [0.717, 1.165) is 24.8 Å². The normalized spacial score (nSPS) is 18.1. The second-order valence-corrected chi connectivity index (χ2v) is 3.80. The minimum atomic E-state index is -0.745. The quantitative estimate of drug-likeness (QED) is 0.819. The summed E-state index contributed by atoms with van der Waals surface area (Å²) in [6, 6.07) is 3.57. The van der Waals surface area contributed by atoms with E-state index in [-0.39, 0.29) is 0 Å². The summed E-state index contributed by atoms with van der Waals surface area (Å²) in [6.45, 7) is 0. The zero-order valence-corrected chi connectivity index (χ0v) is 8.99. The monoisotopic (exact) mass is 209 g/mol. The van der Waals surface area contributed by atoms with Crippen LogP contribution >= 0.6 is 0 Å². The first-order chi connectivity index (χ1) is 7.19. The molecule has 1 saturated carbocycles. The lowest BCUT2D eigenvalue weighted by molar-refractivity contribution is -0.0409. The average Bonchev–Trinajstić information content (AvgIpc) is 2.25. The SMILES string of the molecule is COc1ccc(C2(O)CCC2)c(OC)n1. The molecule has 82 valence electrons. The number of aromatic nitrogens is 1. The first kappa shape index (κ1) is 10.2. The summed E-state index contributed by atoms with van der Waals surface area (Å²) < 4.78 is 10.2. The molecule has 1 fully saturated rings. The average molecular weight is 209 g/mol. The molecule has 0 aliphatic heterocycles. The number of rotatable bonds is 3. The molecule has 0 amide bonds. The third kappa shape index (κ3) is 1.65. The third-order valence-electron chi connectivity index (χ3n) is 2.92. The molecule has 0 atom stereocenters. The molecule has 1 aromatic rings. The van der Waals surface area contributed by atoms with Crippen molar-refractivity contribution in [1.29, 1.82) is 0 Å². The molecular weight excluding hydrogens is 194 g/mol.